The number of aliphatic hydroxyl groups is 1. The minimum Gasteiger partial charge on any atom is -0.382 e. The van der Waals surface area contributed by atoms with Crippen LogP contribution in [0.1, 0.15) is 38.5 Å². The summed E-state index contributed by atoms with van der Waals surface area (Å²) in [6.45, 7) is 0. The molecule has 1 amide bonds. The second kappa shape index (κ2) is 7.95. The zero-order valence-corrected chi connectivity index (χ0v) is 12.2. The minimum absolute atomic E-state index is 0.513. The molecule has 5 N–H and O–H groups in total. The van der Waals surface area contributed by atoms with Gasteiger partial charge in [-0.05, 0) is 24.5 Å². The van der Waals surface area contributed by atoms with E-state index in [1.54, 1.807) is 24.4 Å². The molecule has 0 bridgehead atoms. The van der Waals surface area contributed by atoms with E-state index in [-0.39, 0.29) is 0 Å². The quantitative estimate of drug-likeness (QED) is 0.590. The first-order valence-electron chi connectivity index (χ1n) is 7.57. The molecule has 2 atom stereocenters. The number of amides is 1. The summed E-state index contributed by atoms with van der Waals surface area (Å²) in [5, 5.41) is 10.00. The highest BCUT2D eigenvalue weighted by Gasteiger charge is 2.26. The van der Waals surface area contributed by atoms with Crippen molar-refractivity contribution in [3.63, 3.8) is 0 Å². The highest BCUT2D eigenvalue weighted by atomic mass is 16.3. The van der Waals surface area contributed by atoms with Crippen molar-refractivity contribution < 1.29 is 9.90 Å². The summed E-state index contributed by atoms with van der Waals surface area (Å²) in [7, 11) is 0. The minimum atomic E-state index is -1.21. The molecule has 0 aromatic carbocycles. The predicted octanol–water partition coefficient (Wildman–Crippen LogP) is 1.18. The molecule has 1 aromatic rings. The molecule has 21 heavy (non-hydrogen) atoms. The first-order chi connectivity index (χ1) is 10.2. The Morgan fingerprint density at radius 3 is 2.81 bits per heavy atom. The number of hydrogen-bond donors (Lipinski definition) is 4. The van der Waals surface area contributed by atoms with Crippen molar-refractivity contribution in [1.82, 2.24) is 10.4 Å². The summed E-state index contributed by atoms with van der Waals surface area (Å²) in [6, 6.07) is 4.77. The Labute approximate surface area is 125 Å². The van der Waals surface area contributed by atoms with Gasteiger partial charge in [-0.25, -0.2) is 4.98 Å². The summed E-state index contributed by atoms with van der Waals surface area (Å²) in [4.78, 5) is 15.9. The molecule has 1 heterocycles. The van der Waals surface area contributed by atoms with Crippen LogP contribution in [0.5, 0.6) is 0 Å². The van der Waals surface area contributed by atoms with E-state index in [4.69, 9.17) is 5.73 Å². The number of hydrazine groups is 1. The average Bonchev–Trinajstić information content (AvgIpc) is 2.53. The van der Waals surface area contributed by atoms with Crippen LogP contribution in [0.4, 0.5) is 5.82 Å². The smallest absolute Gasteiger partial charge is 0.268 e. The van der Waals surface area contributed by atoms with E-state index in [0.29, 0.717) is 18.2 Å². The van der Waals surface area contributed by atoms with Crippen molar-refractivity contribution in [2.24, 2.45) is 11.7 Å². The first kappa shape index (κ1) is 15.7. The number of pyridine rings is 1. The normalized spacial score (nSPS) is 18.8. The Bertz CT molecular complexity index is 435. The number of nitrogens with two attached hydrogens (primary N) is 1. The zero-order chi connectivity index (χ0) is 15.1. The molecule has 1 aliphatic carbocycles. The number of aromatic nitrogens is 1. The number of carbonyl (C=O) groups excluding carboxylic acids is 1. The number of nitrogens with one attached hydrogen (secondary N) is 2. The summed E-state index contributed by atoms with van der Waals surface area (Å²) >= 11 is 0. The number of hydrogen-bond acceptors (Lipinski definition) is 5. The van der Waals surface area contributed by atoms with E-state index >= 15 is 0 Å². The molecule has 0 aliphatic heterocycles. The van der Waals surface area contributed by atoms with Crippen LogP contribution in [0.15, 0.2) is 24.4 Å². The summed E-state index contributed by atoms with van der Waals surface area (Å²) in [6.07, 6.45) is 7.12. The van der Waals surface area contributed by atoms with Crippen LogP contribution in [0, 0.1) is 5.92 Å². The van der Waals surface area contributed by atoms with E-state index in [0.717, 1.165) is 12.8 Å². The molecule has 2 unspecified atom stereocenters. The van der Waals surface area contributed by atoms with Crippen LogP contribution < -0.4 is 16.6 Å². The van der Waals surface area contributed by atoms with Crippen molar-refractivity contribution in [3.05, 3.63) is 24.4 Å². The van der Waals surface area contributed by atoms with E-state index in [9.17, 15) is 9.90 Å². The molecule has 0 spiro atoms. The van der Waals surface area contributed by atoms with Crippen molar-refractivity contribution in [3.8, 4) is 0 Å². The Hall–Kier alpha value is -1.66. The maximum atomic E-state index is 11.9. The average molecular weight is 292 g/mol. The third-order valence-electron chi connectivity index (χ3n) is 3.98. The lowest BCUT2D eigenvalue weighted by Gasteiger charge is -2.26. The maximum absolute atomic E-state index is 11.9. The van der Waals surface area contributed by atoms with Crippen LogP contribution in [0.2, 0.25) is 0 Å². The van der Waals surface area contributed by atoms with Gasteiger partial charge in [0.2, 0.25) is 0 Å². The van der Waals surface area contributed by atoms with Crippen molar-refractivity contribution >= 4 is 11.7 Å². The van der Waals surface area contributed by atoms with Crippen LogP contribution in [0.3, 0.4) is 0 Å². The zero-order valence-electron chi connectivity index (χ0n) is 12.2. The highest BCUT2D eigenvalue weighted by molar-refractivity contribution is 5.82. The Balaban J connectivity index is 1.75. The molecular weight excluding hydrogens is 268 g/mol. The molecular formula is C15H24N4O2. The largest absolute Gasteiger partial charge is 0.382 e. The van der Waals surface area contributed by atoms with Crippen LogP contribution in [-0.4, -0.2) is 28.1 Å². The fourth-order valence-electron chi connectivity index (χ4n) is 2.77. The van der Waals surface area contributed by atoms with Crippen LogP contribution in [-0.2, 0) is 4.79 Å². The van der Waals surface area contributed by atoms with Gasteiger partial charge in [0, 0.05) is 12.2 Å². The standard InChI is InChI=1S/C15H24N4O2/c16-12(10-11-6-2-1-3-7-11)14(20)15(21)19-18-13-8-4-5-9-17-13/h4-5,8-9,11-12,14,20H,1-3,6-7,10,16H2,(H,17,18)(H,19,21). The van der Waals surface area contributed by atoms with Gasteiger partial charge in [0.15, 0.2) is 0 Å². The molecule has 6 nitrogen and oxygen atoms in total. The van der Waals surface area contributed by atoms with E-state index in [1.807, 2.05) is 0 Å². The predicted molar refractivity (Wildman–Crippen MR) is 81.2 cm³/mol. The number of anilines is 1. The third kappa shape index (κ3) is 4.99. The number of aliphatic hydroxyl groups excluding tert-OH is 1. The number of carbonyl (C=O) groups is 1. The van der Waals surface area contributed by atoms with E-state index < -0.39 is 18.1 Å². The highest BCUT2D eigenvalue weighted by Crippen LogP contribution is 2.27. The van der Waals surface area contributed by atoms with Crippen molar-refractivity contribution in [2.45, 2.75) is 50.7 Å². The fraction of sp³-hybridized carbons (Fsp3) is 0.600. The Kier molecular flexibility index (Phi) is 5.95. The van der Waals surface area contributed by atoms with Gasteiger partial charge in [-0.15, -0.1) is 0 Å². The summed E-state index contributed by atoms with van der Waals surface area (Å²) in [5.74, 6) is 0.516. The van der Waals surface area contributed by atoms with Gasteiger partial charge in [0.1, 0.15) is 11.9 Å². The van der Waals surface area contributed by atoms with Crippen molar-refractivity contribution in [1.29, 1.82) is 0 Å². The third-order valence-corrected chi connectivity index (χ3v) is 3.98. The monoisotopic (exact) mass is 292 g/mol. The van der Waals surface area contributed by atoms with Gasteiger partial charge in [0.25, 0.3) is 5.91 Å². The lowest BCUT2D eigenvalue weighted by atomic mass is 9.84. The second-order valence-corrected chi connectivity index (χ2v) is 5.68. The second-order valence-electron chi connectivity index (χ2n) is 5.68. The molecule has 0 saturated heterocycles. The molecule has 1 fully saturated rings. The first-order valence-corrected chi connectivity index (χ1v) is 7.57. The SMILES string of the molecule is NC(CC1CCCCC1)C(O)C(=O)NNc1ccccn1. The van der Waals surface area contributed by atoms with E-state index in [2.05, 4.69) is 15.8 Å². The van der Waals surface area contributed by atoms with Crippen molar-refractivity contribution in [2.75, 3.05) is 5.43 Å². The Morgan fingerprint density at radius 1 is 1.38 bits per heavy atom. The van der Waals surface area contributed by atoms with Crippen LogP contribution in [0.25, 0.3) is 0 Å². The number of rotatable bonds is 6. The van der Waals surface area contributed by atoms with Gasteiger partial charge < -0.3 is 10.8 Å². The molecule has 1 aromatic heterocycles. The van der Waals surface area contributed by atoms with Gasteiger partial charge in [-0.1, -0.05) is 38.2 Å². The van der Waals surface area contributed by atoms with E-state index in [1.165, 1.54) is 19.3 Å². The number of nitrogens with zero attached hydrogens (tertiary/aromatic N) is 1. The Morgan fingerprint density at radius 2 is 2.14 bits per heavy atom. The van der Waals surface area contributed by atoms with Crippen LogP contribution >= 0.6 is 0 Å². The molecule has 0 radical (unpaired) electrons. The lowest BCUT2D eigenvalue weighted by molar-refractivity contribution is -0.130. The maximum Gasteiger partial charge on any atom is 0.268 e. The summed E-state index contributed by atoms with van der Waals surface area (Å²) in [5.41, 5.74) is 11.1. The molecule has 2 rings (SSSR count). The van der Waals surface area contributed by atoms with Gasteiger partial charge in [-0.2, -0.15) is 0 Å². The molecule has 1 aliphatic rings. The van der Waals surface area contributed by atoms with Gasteiger partial charge >= 0.3 is 0 Å². The molecule has 116 valence electrons. The topological polar surface area (TPSA) is 100 Å². The summed E-state index contributed by atoms with van der Waals surface area (Å²) < 4.78 is 0. The van der Waals surface area contributed by atoms with Gasteiger partial charge in [0.05, 0.1) is 0 Å². The molecule has 6 heteroatoms. The lowest BCUT2D eigenvalue weighted by Crippen LogP contribution is -2.48. The van der Waals surface area contributed by atoms with Gasteiger partial charge in [-0.3, -0.25) is 15.6 Å². The molecule has 1 saturated carbocycles. The fourth-order valence-corrected chi connectivity index (χ4v) is 2.77.